The van der Waals surface area contributed by atoms with Crippen molar-refractivity contribution in [2.75, 3.05) is 6.61 Å². The lowest BCUT2D eigenvalue weighted by molar-refractivity contribution is 0.273. The smallest absolute Gasteiger partial charge is 0.325 e. The van der Waals surface area contributed by atoms with E-state index in [1.165, 1.54) is 17.4 Å². The van der Waals surface area contributed by atoms with Crippen LogP contribution in [0.2, 0.25) is 0 Å². The zero-order chi connectivity index (χ0) is 23.9. The van der Waals surface area contributed by atoms with Gasteiger partial charge >= 0.3 is 13.9 Å². The average molecular weight is 472 g/mol. The van der Waals surface area contributed by atoms with Gasteiger partial charge in [0.05, 0.1) is 6.33 Å². The highest BCUT2D eigenvalue weighted by Gasteiger charge is 2.17. The maximum atomic E-state index is 13.0. The van der Waals surface area contributed by atoms with Crippen molar-refractivity contribution in [3.8, 4) is 0 Å². The van der Waals surface area contributed by atoms with Crippen molar-refractivity contribution < 1.29 is 14.0 Å². The van der Waals surface area contributed by atoms with E-state index in [9.17, 15) is 14.2 Å². The molecule has 0 saturated carbocycles. The summed E-state index contributed by atoms with van der Waals surface area (Å²) in [6.45, 7) is 10.2. The van der Waals surface area contributed by atoms with Crippen LogP contribution in [-0.4, -0.2) is 30.2 Å². The van der Waals surface area contributed by atoms with Gasteiger partial charge < -0.3 is 4.57 Å². The first-order valence-corrected chi connectivity index (χ1v) is 13.0. The summed E-state index contributed by atoms with van der Waals surface area (Å²) in [5, 5.41) is 0. The van der Waals surface area contributed by atoms with Crippen LogP contribution in [0, 0.1) is 0 Å². The summed E-state index contributed by atoms with van der Waals surface area (Å²) in [6, 6.07) is 0. The average Bonchev–Trinajstić information content (AvgIpc) is 3.20. The molecule has 0 radical (unpaired) electrons. The number of rotatable bonds is 14. The molecule has 0 aliphatic carbocycles. The number of imidazole rings is 1. The zero-order valence-electron chi connectivity index (χ0n) is 20.1. The normalized spacial score (nSPS) is 11.5. The lowest BCUT2D eigenvalue weighted by Crippen LogP contribution is -2.40. The fourth-order valence-corrected chi connectivity index (χ4v) is 3.43. The van der Waals surface area contributed by atoms with E-state index >= 15 is 0 Å². The van der Waals surface area contributed by atoms with Crippen LogP contribution in [0.1, 0.15) is 85.5 Å². The third-order valence-corrected chi connectivity index (χ3v) is 5.60. The Labute approximate surface area is 191 Å². The largest absolute Gasteiger partial charge is 0.694 e. The van der Waals surface area contributed by atoms with E-state index in [4.69, 9.17) is 4.89 Å². The highest BCUT2D eigenvalue weighted by molar-refractivity contribution is 7.32. The van der Waals surface area contributed by atoms with Gasteiger partial charge in [-0.25, -0.2) is 9.78 Å². The van der Waals surface area contributed by atoms with E-state index in [1.807, 2.05) is 11.5 Å². The first kappa shape index (κ1) is 28.2. The molecule has 0 fully saturated rings. The Bertz CT molecular complexity index is 933. The van der Waals surface area contributed by atoms with Gasteiger partial charge in [0.25, 0.3) is 5.56 Å². The summed E-state index contributed by atoms with van der Waals surface area (Å²) in [5.41, 5.74) is 0.373. The summed E-state index contributed by atoms with van der Waals surface area (Å²) in [4.78, 5) is 38.8. The molecule has 0 bridgehead atoms. The van der Waals surface area contributed by atoms with E-state index in [0.29, 0.717) is 37.2 Å². The second-order valence-corrected chi connectivity index (χ2v) is 8.57. The highest BCUT2D eigenvalue weighted by atomic mass is 31.1. The lowest BCUT2D eigenvalue weighted by Gasteiger charge is -2.12. The number of hydrogen-bond donors (Lipinski definition) is 1. The fourth-order valence-electron chi connectivity index (χ4n) is 3.14. The van der Waals surface area contributed by atoms with E-state index in [0.717, 1.165) is 38.5 Å². The van der Waals surface area contributed by atoms with E-state index < -0.39 is 8.25 Å². The molecule has 9 nitrogen and oxygen atoms in total. The van der Waals surface area contributed by atoms with Crippen LogP contribution in [0.15, 0.2) is 15.9 Å². The van der Waals surface area contributed by atoms with Crippen LogP contribution in [0.4, 0.5) is 0 Å². The Morgan fingerprint density at radius 2 is 1.50 bits per heavy atom. The Balaban J connectivity index is 0.00000118. The molecular weight excluding hydrogens is 431 g/mol. The van der Waals surface area contributed by atoms with Crippen LogP contribution in [-0.2, 0) is 28.7 Å². The van der Waals surface area contributed by atoms with Crippen molar-refractivity contribution in [3.05, 3.63) is 27.2 Å². The molecule has 0 spiro atoms. The van der Waals surface area contributed by atoms with Gasteiger partial charge in [-0.15, -0.1) is 9.42 Å². The van der Waals surface area contributed by atoms with E-state index in [1.54, 1.807) is 10.9 Å². The fraction of sp³-hybridized carbons (Fsp3) is 0.773. The van der Waals surface area contributed by atoms with Gasteiger partial charge in [-0.1, -0.05) is 53.4 Å². The standard InChI is InChI=1S/C18H29N4O5P.C4H10/c1-3-5-11-21-16-15(17(23)22(18(21)24)12-6-4-2)20(14-19-16)10-8-7-9-13-27-28(25)26;1-3-4-2/h14H,3-13H2,1-2H3;3-4H2,1-2H3/p+1. The van der Waals surface area contributed by atoms with E-state index in [-0.39, 0.29) is 17.9 Å². The van der Waals surface area contributed by atoms with Crippen molar-refractivity contribution in [1.82, 2.24) is 18.7 Å². The molecule has 32 heavy (non-hydrogen) atoms. The number of fused-ring (bicyclic) bond motifs is 1. The van der Waals surface area contributed by atoms with Crippen LogP contribution in [0.3, 0.4) is 0 Å². The zero-order valence-corrected chi connectivity index (χ0v) is 21.0. The Morgan fingerprint density at radius 1 is 0.875 bits per heavy atom. The maximum absolute atomic E-state index is 13.0. The van der Waals surface area contributed by atoms with Crippen LogP contribution >= 0.6 is 8.25 Å². The molecule has 2 aromatic heterocycles. The van der Waals surface area contributed by atoms with Gasteiger partial charge in [0, 0.05) is 24.2 Å². The van der Waals surface area contributed by atoms with Crippen molar-refractivity contribution in [2.45, 2.75) is 105 Å². The molecule has 2 heterocycles. The third kappa shape index (κ3) is 8.60. The second kappa shape index (κ2) is 15.9. The minimum atomic E-state index is -2.55. The Hall–Kier alpha value is -1.83. The summed E-state index contributed by atoms with van der Waals surface area (Å²) in [7, 11) is -2.55. The summed E-state index contributed by atoms with van der Waals surface area (Å²) < 4.78 is 19.9. The van der Waals surface area contributed by atoms with Crippen LogP contribution < -0.4 is 11.2 Å². The highest BCUT2D eigenvalue weighted by Crippen LogP contribution is 2.15. The van der Waals surface area contributed by atoms with Gasteiger partial charge in [-0.05, 0) is 32.1 Å². The summed E-state index contributed by atoms with van der Waals surface area (Å²) >= 11 is 0. The molecule has 182 valence electrons. The molecule has 0 saturated heterocycles. The van der Waals surface area contributed by atoms with Crippen molar-refractivity contribution in [3.63, 3.8) is 0 Å². The predicted octanol–water partition coefficient (Wildman–Crippen LogP) is 4.60. The molecule has 1 unspecified atom stereocenters. The monoisotopic (exact) mass is 471 g/mol. The number of aryl methyl sites for hydroxylation is 2. The number of nitrogens with zero attached hydrogens (tertiary/aromatic N) is 4. The lowest BCUT2D eigenvalue weighted by atomic mass is 10.2. The predicted molar refractivity (Wildman–Crippen MR) is 128 cm³/mol. The Morgan fingerprint density at radius 3 is 2.06 bits per heavy atom. The topological polar surface area (TPSA) is 108 Å². The molecule has 0 aromatic carbocycles. The SMILES string of the molecule is CCCC.CCCCn1c(=O)c2c(ncn2CCCCCO[P+](=O)O)n(CCCC)c1=O. The molecule has 0 amide bonds. The van der Waals surface area contributed by atoms with Crippen molar-refractivity contribution in [1.29, 1.82) is 0 Å². The minimum Gasteiger partial charge on any atom is -0.325 e. The van der Waals surface area contributed by atoms with Gasteiger partial charge in [0.1, 0.15) is 6.61 Å². The number of unbranched alkanes of at least 4 members (excludes halogenated alkanes) is 5. The van der Waals surface area contributed by atoms with Crippen LogP contribution in [0.5, 0.6) is 0 Å². The minimum absolute atomic E-state index is 0.233. The molecular formula is C22H40N4O5P+. The molecule has 1 N–H and O–H groups in total. The number of hydrogen-bond acceptors (Lipinski definition) is 5. The van der Waals surface area contributed by atoms with E-state index in [2.05, 4.69) is 30.3 Å². The molecule has 0 aliphatic rings. The molecule has 10 heteroatoms. The summed E-state index contributed by atoms with van der Waals surface area (Å²) in [5.74, 6) is 0. The van der Waals surface area contributed by atoms with Gasteiger partial charge in [0.15, 0.2) is 11.2 Å². The van der Waals surface area contributed by atoms with Crippen molar-refractivity contribution >= 4 is 19.4 Å². The van der Waals surface area contributed by atoms with Gasteiger partial charge in [-0.2, -0.15) is 0 Å². The molecule has 2 aromatic rings. The second-order valence-electron chi connectivity index (χ2n) is 7.84. The molecule has 0 aliphatic heterocycles. The molecule has 1 atom stereocenters. The van der Waals surface area contributed by atoms with Gasteiger partial charge in [0.2, 0.25) is 0 Å². The quantitative estimate of drug-likeness (QED) is 0.319. The Kier molecular flexibility index (Phi) is 14.0. The molecule has 2 rings (SSSR count). The summed E-state index contributed by atoms with van der Waals surface area (Å²) in [6.07, 6.45) is 9.97. The maximum Gasteiger partial charge on any atom is 0.694 e. The number of aromatic nitrogens is 4. The first-order valence-electron chi connectivity index (χ1n) is 11.9. The third-order valence-electron chi connectivity index (χ3n) is 5.20. The van der Waals surface area contributed by atoms with Gasteiger partial charge in [-0.3, -0.25) is 13.9 Å². The van der Waals surface area contributed by atoms with Crippen LogP contribution in [0.25, 0.3) is 11.2 Å². The van der Waals surface area contributed by atoms with Crippen molar-refractivity contribution in [2.24, 2.45) is 0 Å². The first-order chi connectivity index (χ1) is 15.4.